The van der Waals surface area contributed by atoms with Crippen LogP contribution in [0.25, 0.3) is 0 Å². The second kappa shape index (κ2) is 7.17. The van der Waals surface area contributed by atoms with Gasteiger partial charge in [-0.15, -0.1) is 0 Å². The quantitative estimate of drug-likeness (QED) is 0.742. The highest BCUT2D eigenvalue weighted by atomic mass is 16.5. The number of ether oxygens (including phenoxy) is 2. The molecule has 3 nitrogen and oxygen atoms in total. The zero-order valence-electron chi connectivity index (χ0n) is 11.0. The van der Waals surface area contributed by atoms with E-state index in [1.807, 2.05) is 25.1 Å². The summed E-state index contributed by atoms with van der Waals surface area (Å²) in [7, 11) is 1.66. The van der Waals surface area contributed by atoms with Crippen LogP contribution in [-0.4, -0.2) is 19.8 Å². The number of unbranched alkanes of at least 4 members (excludes halogenated alkanes) is 1. The molecule has 1 atom stereocenters. The van der Waals surface area contributed by atoms with Crippen LogP contribution in [0.5, 0.6) is 11.5 Å². The topological polar surface area (TPSA) is 44.5 Å². The molecule has 1 aromatic carbocycles. The lowest BCUT2D eigenvalue weighted by Crippen LogP contribution is -2.18. The second-order valence-corrected chi connectivity index (χ2v) is 4.33. The van der Waals surface area contributed by atoms with Crippen LogP contribution < -0.4 is 15.2 Å². The van der Waals surface area contributed by atoms with Crippen LogP contribution in [0.1, 0.15) is 32.3 Å². The summed E-state index contributed by atoms with van der Waals surface area (Å²) >= 11 is 0. The predicted molar refractivity (Wildman–Crippen MR) is 70.8 cm³/mol. The number of methoxy groups -OCH3 is 1. The summed E-state index contributed by atoms with van der Waals surface area (Å²) in [6.45, 7) is 4.87. The maximum atomic E-state index is 5.84. The number of hydrogen-bond acceptors (Lipinski definition) is 3. The van der Waals surface area contributed by atoms with E-state index in [2.05, 4.69) is 6.92 Å². The molecule has 96 valence electrons. The fourth-order valence-corrected chi connectivity index (χ4v) is 1.71. The zero-order chi connectivity index (χ0) is 12.7. The van der Waals surface area contributed by atoms with Crippen molar-refractivity contribution in [2.75, 3.05) is 13.7 Å². The molecular formula is C14H23NO2. The number of benzene rings is 1. The fourth-order valence-electron chi connectivity index (χ4n) is 1.71. The maximum Gasteiger partial charge on any atom is 0.164 e. The monoisotopic (exact) mass is 237 g/mol. The van der Waals surface area contributed by atoms with Crippen LogP contribution in [0.15, 0.2) is 18.2 Å². The first-order valence-electron chi connectivity index (χ1n) is 6.23. The van der Waals surface area contributed by atoms with E-state index in [9.17, 15) is 0 Å². The first-order valence-corrected chi connectivity index (χ1v) is 6.23. The largest absolute Gasteiger partial charge is 0.493 e. The first-order chi connectivity index (χ1) is 8.19. The summed E-state index contributed by atoms with van der Waals surface area (Å²) in [5.41, 5.74) is 6.96. The van der Waals surface area contributed by atoms with Crippen molar-refractivity contribution in [3.63, 3.8) is 0 Å². The van der Waals surface area contributed by atoms with Gasteiger partial charge in [0.15, 0.2) is 11.5 Å². The van der Waals surface area contributed by atoms with E-state index in [-0.39, 0.29) is 6.04 Å². The number of para-hydroxylation sites is 1. The van der Waals surface area contributed by atoms with Gasteiger partial charge >= 0.3 is 0 Å². The van der Waals surface area contributed by atoms with E-state index in [1.165, 1.54) is 0 Å². The lowest BCUT2D eigenvalue weighted by Gasteiger charge is -2.16. The second-order valence-electron chi connectivity index (χ2n) is 4.33. The smallest absolute Gasteiger partial charge is 0.164 e. The number of rotatable bonds is 7. The molecule has 0 saturated heterocycles. The van der Waals surface area contributed by atoms with Crippen LogP contribution in [0.2, 0.25) is 0 Å². The summed E-state index contributed by atoms with van der Waals surface area (Å²) in [4.78, 5) is 0. The van der Waals surface area contributed by atoms with Gasteiger partial charge in [0.1, 0.15) is 0 Å². The summed E-state index contributed by atoms with van der Waals surface area (Å²) < 4.78 is 11.2. The minimum atomic E-state index is 0.121. The average molecular weight is 237 g/mol. The van der Waals surface area contributed by atoms with E-state index in [0.29, 0.717) is 0 Å². The first kappa shape index (κ1) is 13.8. The Hall–Kier alpha value is -1.22. The van der Waals surface area contributed by atoms with Crippen molar-refractivity contribution in [1.29, 1.82) is 0 Å². The van der Waals surface area contributed by atoms with E-state index in [1.54, 1.807) is 7.11 Å². The molecule has 0 saturated carbocycles. The molecule has 0 aromatic heterocycles. The van der Waals surface area contributed by atoms with Crippen molar-refractivity contribution < 1.29 is 9.47 Å². The molecule has 0 aliphatic carbocycles. The van der Waals surface area contributed by atoms with E-state index >= 15 is 0 Å². The van der Waals surface area contributed by atoms with Crippen molar-refractivity contribution in [3.05, 3.63) is 23.8 Å². The average Bonchev–Trinajstić information content (AvgIpc) is 2.30. The van der Waals surface area contributed by atoms with Gasteiger partial charge < -0.3 is 15.2 Å². The van der Waals surface area contributed by atoms with E-state index in [4.69, 9.17) is 15.2 Å². The van der Waals surface area contributed by atoms with Crippen molar-refractivity contribution >= 4 is 0 Å². The maximum absolute atomic E-state index is 5.84. The van der Waals surface area contributed by atoms with Crippen molar-refractivity contribution in [3.8, 4) is 11.5 Å². The van der Waals surface area contributed by atoms with Crippen LogP contribution >= 0.6 is 0 Å². The molecule has 1 unspecified atom stereocenters. The van der Waals surface area contributed by atoms with Gasteiger partial charge in [-0.05, 0) is 31.4 Å². The molecule has 0 heterocycles. The zero-order valence-corrected chi connectivity index (χ0v) is 11.0. The Labute approximate surface area is 104 Å². The Morgan fingerprint density at radius 3 is 2.71 bits per heavy atom. The summed E-state index contributed by atoms with van der Waals surface area (Å²) in [5, 5.41) is 0. The fraction of sp³-hybridized carbons (Fsp3) is 0.571. The molecule has 0 fully saturated rings. The van der Waals surface area contributed by atoms with E-state index in [0.717, 1.165) is 42.9 Å². The Bertz CT molecular complexity index is 337. The van der Waals surface area contributed by atoms with Crippen LogP contribution in [0, 0.1) is 0 Å². The Morgan fingerprint density at radius 1 is 1.35 bits per heavy atom. The van der Waals surface area contributed by atoms with Gasteiger partial charge in [-0.2, -0.15) is 0 Å². The van der Waals surface area contributed by atoms with Gasteiger partial charge in [0.05, 0.1) is 13.7 Å². The third kappa shape index (κ3) is 4.27. The summed E-state index contributed by atoms with van der Waals surface area (Å²) in [5.74, 6) is 1.64. The lowest BCUT2D eigenvalue weighted by atomic mass is 10.1. The molecule has 3 heteroatoms. The molecule has 1 aromatic rings. The van der Waals surface area contributed by atoms with Gasteiger partial charge in [0.2, 0.25) is 0 Å². The minimum Gasteiger partial charge on any atom is -0.493 e. The predicted octanol–water partition coefficient (Wildman–Crippen LogP) is 2.76. The van der Waals surface area contributed by atoms with Crippen LogP contribution in [-0.2, 0) is 6.42 Å². The SMILES string of the molecule is CCCCOc1c(CC(C)N)cccc1OC. The van der Waals surface area contributed by atoms with Gasteiger partial charge in [0.25, 0.3) is 0 Å². The van der Waals surface area contributed by atoms with Crippen molar-refractivity contribution in [2.45, 2.75) is 39.2 Å². The minimum absolute atomic E-state index is 0.121. The third-order valence-corrected chi connectivity index (χ3v) is 2.57. The molecule has 2 N–H and O–H groups in total. The van der Waals surface area contributed by atoms with Crippen LogP contribution in [0.3, 0.4) is 0 Å². The molecule has 0 aliphatic rings. The van der Waals surface area contributed by atoms with Gasteiger partial charge in [-0.1, -0.05) is 25.5 Å². The normalized spacial score (nSPS) is 12.2. The number of nitrogens with two attached hydrogens (primary N) is 1. The van der Waals surface area contributed by atoms with E-state index < -0.39 is 0 Å². The number of hydrogen-bond donors (Lipinski definition) is 1. The molecular weight excluding hydrogens is 214 g/mol. The summed E-state index contributed by atoms with van der Waals surface area (Å²) in [6.07, 6.45) is 2.98. The van der Waals surface area contributed by atoms with Gasteiger partial charge in [0, 0.05) is 6.04 Å². The highest BCUT2D eigenvalue weighted by Gasteiger charge is 2.11. The molecule has 0 amide bonds. The Balaban J connectivity index is 2.86. The molecule has 1 rings (SSSR count). The standard InChI is InChI=1S/C14H23NO2/c1-4-5-9-17-14-12(10-11(2)15)7-6-8-13(14)16-3/h6-8,11H,4-5,9-10,15H2,1-3H3. The Morgan fingerprint density at radius 2 is 2.12 bits per heavy atom. The summed E-state index contributed by atoms with van der Waals surface area (Å²) in [6, 6.07) is 6.07. The molecule has 0 radical (unpaired) electrons. The molecule has 17 heavy (non-hydrogen) atoms. The lowest BCUT2D eigenvalue weighted by molar-refractivity contribution is 0.285. The van der Waals surface area contributed by atoms with Gasteiger partial charge in [-0.25, -0.2) is 0 Å². The Kier molecular flexibility index (Phi) is 5.84. The molecule has 0 aliphatic heterocycles. The molecule has 0 spiro atoms. The highest BCUT2D eigenvalue weighted by Crippen LogP contribution is 2.31. The highest BCUT2D eigenvalue weighted by molar-refractivity contribution is 5.47. The van der Waals surface area contributed by atoms with Gasteiger partial charge in [-0.3, -0.25) is 0 Å². The van der Waals surface area contributed by atoms with Crippen molar-refractivity contribution in [1.82, 2.24) is 0 Å². The van der Waals surface area contributed by atoms with Crippen LogP contribution in [0.4, 0.5) is 0 Å². The third-order valence-electron chi connectivity index (χ3n) is 2.57. The molecule has 0 bridgehead atoms. The van der Waals surface area contributed by atoms with Crippen molar-refractivity contribution in [2.24, 2.45) is 5.73 Å².